The molecule has 184 valence electrons. The fraction of sp³-hybridized carbons (Fsp3) is 0.357. The van der Waals surface area contributed by atoms with Crippen LogP contribution in [0.5, 0.6) is 0 Å². The van der Waals surface area contributed by atoms with E-state index in [9.17, 15) is 9.59 Å². The number of H-pyrrole nitrogens is 1. The molecule has 0 spiro atoms. The van der Waals surface area contributed by atoms with E-state index < -0.39 is 0 Å². The Morgan fingerprint density at radius 2 is 1.97 bits per heavy atom. The van der Waals surface area contributed by atoms with Gasteiger partial charge in [0.15, 0.2) is 0 Å². The van der Waals surface area contributed by atoms with Crippen LogP contribution in [-0.4, -0.2) is 28.5 Å². The molecule has 3 aromatic rings. The quantitative estimate of drug-likeness (QED) is 0.501. The number of carbonyl (C=O) groups is 1. The van der Waals surface area contributed by atoms with Crippen LogP contribution in [0.4, 0.5) is 11.4 Å². The van der Waals surface area contributed by atoms with Crippen LogP contribution in [0.15, 0.2) is 51.8 Å². The Labute approximate surface area is 214 Å². The smallest absolute Gasteiger partial charge is 0.287 e. The first-order valence-corrected chi connectivity index (χ1v) is 13.2. The molecule has 3 aliphatic rings. The van der Waals surface area contributed by atoms with E-state index in [1.54, 1.807) is 17.4 Å². The average Bonchev–Trinajstić information content (AvgIpc) is 3.28. The molecular formula is C28H29N5O2S. The first-order valence-electron chi connectivity index (χ1n) is 12.4. The predicted octanol–water partition coefficient (Wildman–Crippen LogP) is 5.43. The topological polar surface area (TPSA) is 90.4 Å². The van der Waals surface area contributed by atoms with Crippen LogP contribution in [0, 0.1) is 12.8 Å². The Kier molecular flexibility index (Phi) is 5.26. The average molecular weight is 500 g/mol. The van der Waals surface area contributed by atoms with Crippen LogP contribution >= 0.6 is 11.3 Å². The van der Waals surface area contributed by atoms with Crippen LogP contribution in [0.1, 0.15) is 59.3 Å². The summed E-state index contributed by atoms with van der Waals surface area (Å²) in [4.78, 5) is 34.3. The summed E-state index contributed by atoms with van der Waals surface area (Å²) in [6, 6.07) is 9.81. The molecule has 6 rings (SSSR count). The number of hydrogen-bond acceptors (Lipinski definition) is 6. The van der Waals surface area contributed by atoms with Crippen molar-refractivity contribution in [3.05, 3.63) is 73.2 Å². The molecule has 7 nitrogen and oxygen atoms in total. The molecule has 1 aromatic carbocycles. The number of anilines is 2. The van der Waals surface area contributed by atoms with E-state index >= 15 is 0 Å². The van der Waals surface area contributed by atoms with Crippen molar-refractivity contribution in [2.45, 2.75) is 52.5 Å². The molecule has 4 heterocycles. The van der Waals surface area contributed by atoms with Gasteiger partial charge in [-0.1, -0.05) is 32.9 Å². The lowest BCUT2D eigenvalue weighted by molar-refractivity contribution is 0.1000. The molecule has 2 aliphatic heterocycles. The third-order valence-corrected chi connectivity index (χ3v) is 8.70. The third kappa shape index (κ3) is 3.99. The number of amidine groups is 1. The molecule has 0 unspecified atom stereocenters. The maximum atomic E-state index is 13.4. The van der Waals surface area contributed by atoms with Crippen molar-refractivity contribution in [3.63, 3.8) is 0 Å². The molecule has 8 heteroatoms. The fourth-order valence-corrected chi connectivity index (χ4v) is 6.02. The summed E-state index contributed by atoms with van der Waals surface area (Å²) in [5.41, 5.74) is 5.87. The fourth-order valence-electron chi connectivity index (χ4n) is 4.84. The van der Waals surface area contributed by atoms with Gasteiger partial charge in [0, 0.05) is 16.1 Å². The molecule has 1 aliphatic carbocycles. The summed E-state index contributed by atoms with van der Waals surface area (Å²) in [5.74, 6) is 1.41. The second-order valence-corrected chi connectivity index (χ2v) is 11.9. The molecule has 2 aromatic heterocycles. The maximum absolute atomic E-state index is 13.4. The number of aromatic amines is 1. The second kappa shape index (κ2) is 8.27. The molecule has 0 radical (unpaired) electrons. The van der Waals surface area contributed by atoms with E-state index in [1.165, 1.54) is 23.3 Å². The molecule has 0 saturated heterocycles. The summed E-state index contributed by atoms with van der Waals surface area (Å²) >= 11 is 1.60. The van der Waals surface area contributed by atoms with Gasteiger partial charge in [0.25, 0.3) is 11.5 Å². The number of thiophene rings is 1. The van der Waals surface area contributed by atoms with Gasteiger partial charge in [-0.3, -0.25) is 14.6 Å². The van der Waals surface area contributed by atoms with Gasteiger partial charge in [0.2, 0.25) is 0 Å². The first-order chi connectivity index (χ1) is 17.2. The standard InChI is InChI=1S/C28H29N5O2S/c1-15-19(20-12-21(26(34)32-31-20)30-24-11-17(13-29-24)16-8-9-16)6-5-7-22(15)33-14-18-10-23(28(2,3)4)36-25(18)27(33)35/h5-7,10-12,16H,8-9,13-14H2,1-4H3,(H,32,34)(H,29,30,31). The van der Waals surface area contributed by atoms with Gasteiger partial charge in [-0.15, -0.1) is 11.3 Å². The van der Waals surface area contributed by atoms with Crippen LogP contribution in [0.2, 0.25) is 0 Å². The maximum Gasteiger partial charge on any atom is 0.287 e. The van der Waals surface area contributed by atoms with Gasteiger partial charge >= 0.3 is 0 Å². The number of nitrogens with zero attached hydrogens (tertiary/aromatic N) is 3. The Morgan fingerprint density at radius 3 is 2.69 bits per heavy atom. The molecule has 1 fully saturated rings. The van der Waals surface area contributed by atoms with Gasteiger partial charge < -0.3 is 10.2 Å². The SMILES string of the molecule is Cc1c(-c2cc(NC3=NCC(C4CC4)=C3)c(=O)[nH]n2)cccc1N1Cc2cc(C(C)(C)C)sc2C1=O. The van der Waals surface area contributed by atoms with Crippen LogP contribution in [-0.2, 0) is 12.0 Å². The van der Waals surface area contributed by atoms with Crippen molar-refractivity contribution < 1.29 is 4.79 Å². The lowest BCUT2D eigenvalue weighted by atomic mass is 9.94. The number of carbonyl (C=O) groups excluding carboxylic acids is 1. The number of rotatable bonds is 4. The second-order valence-electron chi connectivity index (χ2n) is 10.9. The molecule has 0 atom stereocenters. The summed E-state index contributed by atoms with van der Waals surface area (Å²) in [5, 5.41) is 10.1. The van der Waals surface area contributed by atoms with Gasteiger partial charge in [-0.2, -0.15) is 5.10 Å². The number of amides is 1. The van der Waals surface area contributed by atoms with E-state index in [0.29, 0.717) is 36.2 Å². The van der Waals surface area contributed by atoms with Crippen molar-refractivity contribution in [2.24, 2.45) is 10.9 Å². The van der Waals surface area contributed by atoms with E-state index in [-0.39, 0.29) is 16.9 Å². The Hall–Kier alpha value is -3.52. The Bertz CT molecular complexity index is 1520. The van der Waals surface area contributed by atoms with E-state index in [0.717, 1.165) is 27.3 Å². The zero-order valence-corrected chi connectivity index (χ0v) is 21.8. The molecule has 1 amide bonds. The van der Waals surface area contributed by atoms with Crippen molar-refractivity contribution in [1.29, 1.82) is 0 Å². The van der Waals surface area contributed by atoms with Crippen molar-refractivity contribution >= 4 is 34.5 Å². The van der Waals surface area contributed by atoms with Crippen molar-refractivity contribution in [2.75, 3.05) is 16.8 Å². The van der Waals surface area contributed by atoms with Crippen molar-refractivity contribution in [1.82, 2.24) is 10.2 Å². The highest BCUT2D eigenvalue weighted by Gasteiger charge is 2.34. The number of aromatic nitrogens is 2. The zero-order valence-electron chi connectivity index (χ0n) is 20.9. The van der Waals surface area contributed by atoms with Gasteiger partial charge in [-0.05, 0) is 72.1 Å². The van der Waals surface area contributed by atoms with E-state index in [2.05, 4.69) is 53.4 Å². The van der Waals surface area contributed by atoms with E-state index in [1.807, 2.05) is 30.0 Å². The molecule has 0 bridgehead atoms. The molecule has 36 heavy (non-hydrogen) atoms. The molecular weight excluding hydrogens is 470 g/mol. The number of hydrogen-bond donors (Lipinski definition) is 2. The lowest BCUT2D eigenvalue weighted by Gasteiger charge is -2.21. The first kappa shape index (κ1) is 22.9. The summed E-state index contributed by atoms with van der Waals surface area (Å²) < 4.78 is 0. The molecule has 1 saturated carbocycles. The lowest BCUT2D eigenvalue weighted by Crippen LogP contribution is -2.24. The minimum Gasteiger partial charge on any atom is -0.336 e. The van der Waals surface area contributed by atoms with Crippen LogP contribution in [0.25, 0.3) is 11.3 Å². The predicted molar refractivity (Wildman–Crippen MR) is 145 cm³/mol. The zero-order chi connectivity index (χ0) is 25.2. The van der Waals surface area contributed by atoms with Crippen LogP contribution < -0.4 is 15.8 Å². The summed E-state index contributed by atoms with van der Waals surface area (Å²) in [6.45, 7) is 9.78. The van der Waals surface area contributed by atoms with Gasteiger partial charge in [-0.25, -0.2) is 5.10 Å². The number of nitrogens with one attached hydrogen (secondary N) is 2. The Balaban J connectivity index is 1.29. The molecule has 2 N–H and O–H groups in total. The monoisotopic (exact) mass is 499 g/mol. The minimum atomic E-state index is -0.294. The van der Waals surface area contributed by atoms with Gasteiger partial charge in [0.1, 0.15) is 11.5 Å². The van der Waals surface area contributed by atoms with Crippen molar-refractivity contribution in [3.8, 4) is 11.3 Å². The minimum absolute atomic E-state index is 0.0247. The number of aliphatic imine (C=N–C) groups is 1. The Morgan fingerprint density at radius 1 is 1.17 bits per heavy atom. The largest absolute Gasteiger partial charge is 0.336 e. The normalized spacial score (nSPS) is 17.3. The van der Waals surface area contributed by atoms with E-state index in [4.69, 9.17) is 0 Å². The summed E-state index contributed by atoms with van der Waals surface area (Å²) in [6.07, 6.45) is 4.52. The third-order valence-electron chi connectivity index (χ3n) is 7.11. The highest BCUT2D eigenvalue weighted by atomic mass is 32.1. The summed E-state index contributed by atoms with van der Waals surface area (Å²) in [7, 11) is 0. The number of benzene rings is 1. The highest BCUT2D eigenvalue weighted by Crippen LogP contribution is 2.41. The van der Waals surface area contributed by atoms with Gasteiger partial charge in [0.05, 0.1) is 23.7 Å². The highest BCUT2D eigenvalue weighted by molar-refractivity contribution is 7.14. The van der Waals surface area contributed by atoms with Crippen LogP contribution in [0.3, 0.4) is 0 Å². The number of fused-ring (bicyclic) bond motifs is 1.